The highest BCUT2D eigenvalue weighted by Gasteiger charge is 2.71. The van der Waals surface area contributed by atoms with E-state index in [1.807, 2.05) is 6.07 Å². The molecule has 0 saturated heterocycles. The van der Waals surface area contributed by atoms with Crippen LogP contribution in [0.3, 0.4) is 0 Å². The van der Waals surface area contributed by atoms with Crippen molar-refractivity contribution in [1.82, 2.24) is 0 Å². The lowest BCUT2D eigenvalue weighted by Crippen LogP contribution is -2.65. The van der Waals surface area contributed by atoms with Gasteiger partial charge in [-0.15, -0.1) is 0 Å². The Balaban J connectivity index is 1.37. The fourth-order valence-electron chi connectivity index (χ4n) is 12.6. The van der Waals surface area contributed by atoms with Crippen molar-refractivity contribution in [3.05, 3.63) is 53.4 Å². The van der Waals surface area contributed by atoms with Gasteiger partial charge in [0.1, 0.15) is 5.82 Å². The highest BCUT2D eigenvalue weighted by Crippen LogP contribution is 2.77. The number of rotatable bonds is 4. The van der Waals surface area contributed by atoms with Gasteiger partial charge in [0, 0.05) is 0 Å². The van der Waals surface area contributed by atoms with Crippen LogP contribution in [0.5, 0.6) is 0 Å². The molecule has 4 nitrogen and oxygen atoms in total. The number of fused-ring (bicyclic) bond motifs is 7. The van der Waals surface area contributed by atoms with Crippen LogP contribution >= 0.6 is 0 Å². The Morgan fingerprint density at radius 3 is 2.30 bits per heavy atom. The topological polar surface area (TPSA) is 63.6 Å². The van der Waals surface area contributed by atoms with Crippen LogP contribution in [0.2, 0.25) is 0 Å². The number of halogens is 1. The number of aliphatic carboxylic acids is 1. The largest absolute Gasteiger partial charge is 0.481 e. The molecule has 4 saturated carbocycles. The summed E-state index contributed by atoms with van der Waals surface area (Å²) in [5, 5.41) is 10.6. The van der Waals surface area contributed by atoms with Crippen molar-refractivity contribution in [2.75, 3.05) is 7.11 Å². The van der Waals surface area contributed by atoms with E-state index in [1.54, 1.807) is 6.07 Å². The van der Waals surface area contributed by atoms with Gasteiger partial charge >= 0.3 is 11.9 Å². The molecule has 6 rings (SSSR count). The van der Waals surface area contributed by atoms with Crippen molar-refractivity contribution in [3.8, 4) is 0 Å². The number of methoxy groups -OCH3 is 1. The SMILES string of the molecule is C=C(C)[C@@H]1CC[C@]2(C(=O)O)CC[C@]3(C)[C@H](CC[C@@H]4[C@@]5(C)CC=C(c6ccc(C(=O)OC)c(F)c6)C(C)(C)[C@@H]5CC[C@]43C)[C@@H]12. The Morgan fingerprint density at radius 2 is 1.67 bits per heavy atom. The highest BCUT2D eigenvalue weighted by molar-refractivity contribution is 5.90. The lowest BCUT2D eigenvalue weighted by atomic mass is 9.32. The third-order valence-electron chi connectivity index (χ3n) is 14.8. The molecule has 0 aliphatic heterocycles. The van der Waals surface area contributed by atoms with Crippen LogP contribution in [0.1, 0.15) is 115 Å². The first kappa shape index (κ1) is 30.6. The van der Waals surface area contributed by atoms with Crippen LogP contribution in [0.15, 0.2) is 36.4 Å². The van der Waals surface area contributed by atoms with Gasteiger partial charge in [0.2, 0.25) is 0 Å². The maximum Gasteiger partial charge on any atom is 0.340 e. The third-order valence-corrected chi connectivity index (χ3v) is 14.8. The molecule has 1 aromatic rings. The van der Waals surface area contributed by atoms with Crippen molar-refractivity contribution in [2.24, 2.45) is 56.7 Å². The van der Waals surface area contributed by atoms with Crippen LogP contribution in [-0.2, 0) is 9.53 Å². The molecule has 0 unspecified atom stereocenters. The monoisotopic (exact) mass is 590 g/mol. The zero-order valence-electron chi connectivity index (χ0n) is 27.3. The maximum atomic E-state index is 15.1. The summed E-state index contributed by atoms with van der Waals surface area (Å²) >= 11 is 0. The molecule has 1 N–H and O–H groups in total. The van der Waals surface area contributed by atoms with E-state index in [4.69, 9.17) is 4.74 Å². The second-order valence-corrected chi connectivity index (χ2v) is 16.4. The van der Waals surface area contributed by atoms with Crippen molar-refractivity contribution < 1.29 is 23.8 Å². The van der Waals surface area contributed by atoms with Crippen molar-refractivity contribution in [3.63, 3.8) is 0 Å². The van der Waals surface area contributed by atoms with Gasteiger partial charge < -0.3 is 9.84 Å². The van der Waals surface area contributed by atoms with Crippen LogP contribution in [0.25, 0.3) is 5.57 Å². The smallest absolute Gasteiger partial charge is 0.340 e. The Bertz CT molecular complexity index is 1410. The molecule has 0 spiro atoms. The number of carbonyl (C=O) groups excluding carboxylic acids is 1. The van der Waals surface area contributed by atoms with E-state index in [-0.39, 0.29) is 33.1 Å². The Hall–Kier alpha value is -2.43. The molecule has 1 aromatic carbocycles. The number of carboxylic acid groups (broad SMARTS) is 1. The predicted octanol–water partition coefficient (Wildman–Crippen LogP) is 9.35. The van der Waals surface area contributed by atoms with Gasteiger partial charge in [0.25, 0.3) is 0 Å². The molecule has 5 heteroatoms. The van der Waals surface area contributed by atoms with E-state index in [2.05, 4.69) is 54.2 Å². The first-order valence-electron chi connectivity index (χ1n) is 16.6. The minimum atomic E-state index is -0.653. The standard InChI is InChI=1S/C38H51FO4/c1-22(2)24-13-18-38(33(41)42)20-19-36(6)27(31(24)38)11-12-30-35(5)16-14-26(34(3,4)29(35)15-17-37(30,36)7)23-9-10-25(28(39)21-23)32(40)43-8/h9-10,14,21,24,27,29-31H,1,11-13,15-20H2,2-8H3,(H,41,42)/t24-,27+,29-,30+,31+,35-,36+,37+,38-/m0/s1. The molecule has 234 valence electrons. The lowest BCUT2D eigenvalue weighted by molar-refractivity contribution is -0.227. The quantitative estimate of drug-likeness (QED) is 0.280. The van der Waals surface area contributed by atoms with Gasteiger partial charge in [-0.05, 0) is 139 Å². The zero-order valence-corrected chi connectivity index (χ0v) is 27.3. The number of esters is 1. The fourth-order valence-corrected chi connectivity index (χ4v) is 12.6. The second kappa shape index (κ2) is 9.78. The molecule has 5 aliphatic rings. The Kier molecular flexibility index (Phi) is 6.96. The summed E-state index contributed by atoms with van der Waals surface area (Å²) in [5.41, 5.74) is 2.73. The van der Waals surface area contributed by atoms with Gasteiger partial charge in [-0.3, -0.25) is 4.79 Å². The number of hydrogen-bond donors (Lipinski definition) is 1. The van der Waals surface area contributed by atoms with E-state index in [0.717, 1.165) is 63.4 Å². The van der Waals surface area contributed by atoms with E-state index in [9.17, 15) is 14.7 Å². The minimum absolute atomic E-state index is 0.0284. The van der Waals surface area contributed by atoms with Gasteiger partial charge in [0.05, 0.1) is 18.1 Å². The average Bonchev–Trinajstić information content (AvgIpc) is 3.34. The number of benzene rings is 1. The van der Waals surface area contributed by atoms with Gasteiger partial charge in [-0.1, -0.05) is 58.9 Å². The van der Waals surface area contributed by atoms with E-state index in [0.29, 0.717) is 23.7 Å². The van der Waals surface area contributed by atoms with Gasteiger partial charge in [0.15, 0.2) is 0 Å². The Morgan fingerprint density at radius 1 is 0.953 bits per heavy atom. The molecular formula is C38H51FO4. The number of hydrogen-bond acceptors (Lipinski definition) is 3. The molecule has 0 radical (unpaired) electrons. The number of ether oxygens (including phenoxy) is 1. The summed E-state index contributed by atoms with van der Waals surface area (Å²) in [6.45, 7) is 18.8. The first-order chi connectivity index (χ1) is 20.1. The van der Waals surface area contributed by atoms with Crippen molar-refractivity contribution in [1.29, 1.82) is 0 Å². The number of carbonyl (C=O) groups is 2. The van der Waals surface area contributed by atoms with Crippen LogP contribution in [0, 0.1) is 62.5 Å². The predicted molar refractivity (Wildman–Crippen MR) is 168 cm³/mol. The second-order valence-electron chi connectivity index (χ2n) is 16.4. The van der Waals surface area contributed by atoms with Crippen molar-refractivity contribution in [2.45, 2.75) is 99.3 Å². The normalized spacial score (nSPS) is 42.9. The van der Waals surface area contributed by atoms with E-state index >= 15 is 4.39 Å². The third kappa shape index (κ3) is 3.91. The zero-order chi connectivity index (χ0) is 31.3. The summed E-state index contributed by atoms with van der Waals surface area (Å²) in [4.78, 5) is 25.0. The minimum Gasteiger partial charge on any atom is -0.481 e. The molecule has 0 aromatic heterocycles. The summed E-state index contributed by atoms with van der Waals surface area (Å²) in [5.74, 6) is 0.109. The Labute approximate surface area is 257 Å². The average molecular weight is 591 g/mol. The number of carboxylic acids is 1. The van der Waals surface area contributed by atoms with Gasteiger partial charge in [-0.2, -0.15) is 0 Å². The highest BCUT2D eigenvalue weighted by atomic mass is 19.1. The summed E-state index contributed by atoms with van der Waals surface area (Å²) in [6, 6.07) is 4.95. The summed E-state index contributed by atoms with van der Waals surface area (Å²) in [6.07, 6.45) is 11.3. The fraction of sp³-hybridized carbons (Fsp3) is 0.684. The molecular weight excluding hydrogens is 539 g/mol. The van der Waals surface area contributed by atoms with Crippen LogP contribution < -0.4 is 0 Å². The molecule has 0 bridgehead atoms. The summed E-state index contributed by atoms with van der Waals surface area (Å²) in [7, 11) is 1.27. The molecule has 0 amide bonds. The molecule has 5 aliphatic carbocycles. The van der Waals surface area contributed by atoms with Crippen LogP contribution in [0.4, 0.5) is 4.39 Å². The summed E-state index contributed by atoms with van der Waals surface area (Å²) < 4.78 is 19.8. The van der Waals surface area contributed by atoms with Crippen molar-refractivity contribution >= 4 is 17.5 Å². The molecule has 0 heterocycles. The molecule has 4 fully saturated rings. The lowest BCUT2D eigenvalue weighted by Gasteiger charge is -2.72. The van der Waals surface area contributed by atoms with E-state index < -0.39 is 23.2 Å². The van der Waals surface area contributed by atoms with Gasteiger partial charge in [-0.25, -0.2) is 9.18 Å². The van der Waals surface area contributed by atoms with Crippen LogP contribution in [-0.4, -0.2) is 24.2 Å². The maximum absolute atomic E-state index is 15.1. The van der Waals surface area contributed by atoms with E-state index in [1.165, 1.54) is 24.3 Å². The first-order valence-corrected chi connectivity index (χ1v) is 16.6. The molecule has 43 heavy (non-hydrogen) atoms. The number of allylic oxidation sites excluding steroid dienone is 3. The molecule has 9 atom stereocenters.